The number of ether oxygens (including phenoxy) is 1. The van der Waals surface area contributed by atoms with Crippen LogP contribution in [-0.2, 0) is 7.05 Å². The summed E-state index contributed by atoms with van der Waals surface area (Å²) in [6.07, 6.45) is 1.91. The molecule has 0 saturated heterocycles. The minimum Gasteiger partial charge on any atom is -0.491 e. The summed E-state index contributed by atoms with van der Waals surface area (Å²) in [6, 6.07) is 9.64. The average molecular weight is 245 g/mol. The normalized spacial score (nSPS) is 12.7. The minimum absolute atomic E-state index is 0.160. The molecule has 96 valence electrons. The number of aromatic nitrogens is 2. The first-order chi connectivity index (χ1) is 8.58. The van der Waals surface area contributed by atoms with Crippen molar-refractivity contribution in [2.45, 2.75) is 26.0 Å². The van der Waals surface area contributed by atoms with Gasteiger partial charge in [0.15, 0.2) is 0 Å². The van der Waals surface area contributed by atoms with E-state index in [0.29, 0.717) is 0 Å². The van der Waals surface area contributed by atoms with Crippen LogP contribution in [0, 0.1) is 0 Å². The molecule has 18 heavy (non-hydrogen) atoms. The molecule has 1 aromatic heterocycles. The van der Waals surface area contributed by atoms with Gasteiger partial charge in [0, 0.05) is 13.2 Å². The van der Waals surface area contributed by atoms with E-state index in [1.165, 1.54) is 0 Å². The van der Waals surface area contributed by atoms with Crippen LogP contribution in [0.1, 0.15) is 31.1 Å². The van der Waals surface area contributed by atoms with Crippen LogP contribution in [0.3, 0.4) is 0 Å². The maximum Gasteiger partial charge on any atom is 0.120 e. The van der Waals surface area contributed by atoms with Crippen LogP contribution >= 0.6 is 0 Å². The van der Waals surface area contributed by atoms with Crippen molar-refractivity contribution in [1.29, 1.82) is 0 Å². The maximum absolute atomic E-state index is 6.24. The smallest absolute Gasteiger partial charge is 0.120 e. The van der Waals surface area contributed by atoms with E-state index in [-0.39, 0.29) is 12.1 Å². The molecule has 4 heteroatoms. The summed E-state index contributed by atoms with van der Waals surface area (Å²) in [5.74, 6) is 0.847. The molecular weight excluding hydrogens is 226 g/mol. The largest absolute Gasteiger partial charge is 0.491 e. The third kappa shape index (κ3) is 2.71. The van der Waals surface area contributed by atoms with Gasteiger partial charge in [0.05, 0.1) is 17.8 Å². The molecule has 1 atom stereocenters. The van der Waals surface area contributed by atoms with Gasteiger partial charge in [-0.05, 0) is 37.6 Å². The van der Waals surface area contributed by atoms with Crippen molar-refractivity contribution in [1.82, 2.24) is 9.78 Å². The van der Waals surface area contributed by atoms with Gasteiger partial charge in [-0.15, -0.1) is 0 Å². The third-order valence-electron chi connectivity index (χ3n) is 2.77. The van der Waals surface area contributed by atoms with Crippen LogP contribution < -0.4 is 10.5 Å². The molecule has 0 spiro atoms. The predicted molar refractivity (Wildman–Crippen MR) is 71.4 cm³/mol. The second kappa shape index (κ2) is 5.23. The average Bonchev–Trinajstić information content (AvgIpc) is 2.74. The summed E-state index contributed by atoms with van der Waals surface area (Å²) < 4.78 is 7.47. The highest BCUT2D eigenvalue weighted by molar-refractivity contribution is 5.34. The Labute approximate surface area is 107 Å². The lowest BCUT2D eigenvalue weighted by Gasteiger charge is -2.15. The molecule has 1 aromatic carbocycles. The zero-order chi connectivity index (χ0) is 13.1. The third-order valence-corrected chi connectivity index (χ3v) is 2.77. The second-order valence-corrected chi connectivity index (χ2v) is 4.60. The van der Waals surface area contributed by atoms with E-state index in [1.54, 1.807) is 10.9 Å². The molecule has 0 aliphatic heterocycles. The zero-order valence-electron chi connectivity index (χ0n) is 11.0. The quantitative estimate of drug-likeness (QED) is 0.899. The predicted octanol–water partition coefficient (Wildman–Crippen LogP) is 2.26. The zero-order valence-corrected chi connectivity index (χ0v) is 11.0. The summed E-state index contributed by atoms with van der Waals surface area (Å²) in [5.41, 5.74) is 8.25. The van der Waals surface area contributed by atoms with Gasteiger partial charge in [0.2, 0.25) is 0 Å². The van der Waals surface area contributed by atoms with Gasteiger partial charge in [0.1, 0.15) is 5.75 Å². The first kappa shape index (κ1) is 12.6. The van der Waals surface area contributed by atoms with Crippen molar-refractivity contribution in [3.05, 3.63) is 47.8 Å². The maximum atomic E-state index is 6.24. The van der Waals surface area contributed by atoms with Gasteiger partial charge in [0.25, 0.3) is 0 Å². The molecule has 1 unspecified atom stereocenters. The molecule has 2 rings (SSSR count). The Kier molecular flexibility index (Phi) is 3.67. The van der Waals surface area contributed by atoms with E-state index in [0.717, 1.165) is 17.0 Å². The fourth-order valence-electron chi connectivity index (χ4n) is 1.91. The Morgan fingerprint density at radius 3 is 2.67 bits per heavy atom. The summed E-state index contributed by atoms with van der Waals surface area (Å²) in [5, 5.41) is 4.14. The molecule has 0 bridgehead atoms. The van der Waals surface area contributed by atoms with Crippen LogP contribution in [0.5, 0.6) is 5.75 Å². The Morgan fingerprint density at radius 1 is 1.28 bits per heavy atom. The Hall–Kier alpha value is -1.81. The number of nitrogens with two attached hydrogens (primary N) is 1. The van der Waals surface area contributed by atoms with E-state index >= 15 is 0 Å². The molecule has 0 aliphatic rings. The van der Waals surface area contributed by atoms with Crippen molar-refractivity contribution < 1.29 is 4.74 Å². The Balaban J connectivity index is 2.25. The molecule has 2 N–H and O–H groups in total. The van der Waals surface area contributed by atoms with Crippen molar-refractivity contribution in [2.24, 2.45) is 12.8 Å². The van der Waals surface area contributed by atoms with Gasteiger partial charge in [-0.25, -0.2) is 0 Å². The number of rotatable bonds is 4. The fraction of sp³-hybridized carbons (Fsp3) is 0.357. The monoisotopic (exact) mass is 245 g/mol. The molecule has 0 aliphatic carbocycles. The molecule has 0 fully saturated rings. The Bertz CT molecular complexity index is 519. The summed E-state index contributed by atoms with van der Waals surface area (Å²) >= 11 is 0. The molecule has 0 saturated carbocycles. The molecule has 0 radical (unpaired) electrons. The first-order valence-corrected chi connectivity index (χ1v) is 6.08. The summed E-state index contributed by atoms with van der Waals surface area (Å²) in [7, 11) is 1.89. The van der Waals surface area contributed by atoms with Crippen LogP contribution in [-0.4, -0.2) is 15.9 Å². The number of hydrogen-bond acceptors (Lipinski definition) is 3. The summed E-state index contributed by atoms with van der Waals surface area (Å²) in [4.78, 5) is 0. The molecular formula is C14H19N3O. The number of benzene rings is 1. The van der Waals surface area contributed by atoms with Crippen molar-refractivity contribution in [3.8, 4) is 5.75 Å². The van der Waals surface area contributed by atoms with Crippen LogP contribution in [0.25, 0.3) is 0 Å². The molecule has 4 nitrogen and oxygen atoms in total. The molecule has 2 aromatic rings. The lowest BCUT2D eigenvalue weighted by molar-refractivity contribution is 0.242. The van der Waals surface area contributed by atoms with Gasteiger partial charge >= 0.3 is 0 Å². The van der Waals surface area contributed by atoms with E-state index in [1.807, 2.05) is 51.2 Å². The van der Waals surface area contributed by atoms with Gasteiger partial charge in [-0.3, -0.25) is 4.68 Å². The highest BCUT2D eigenvalue weighted by Crippen LogP contribution is 2.23. The van der Waals surface area contributed by atoms with Gasteiger partial charge in [-0.2, -0.15) is 5.10 Å². The highest BCUT2D eigenvalue weighted by Gasteiger charge is 2.13. The fourth-order valence-corrected chi connectivity index (χ4v) is 1.91. The van der Waals surface area contributed by atoms with E-state index < -0.39 is 0 Å². The van der Waals surface area contributed by atoms with Crippen molar-refractivity contribution in [3.63, 3.8) is 0 Å². The van der Waals surface area contributed by atoms with E-state index in [4.69, 9.17) is 10.5 Å². The highest BCUT2D eigenvalue weighted by atomic mass is 16.5. The van der Waals surface area contributed by atoms with Gasteiger partial charge in [-0.1, -0.05) is 12.1 Å². The standard InChI is InChI=1S/C14H19N3O/c1-10(2)18-12-6-4-5-11(9-12)14(15)13-7-8-16-17(13)3/h4-10,14H,15H2,1-3H3. The second-order valence-electron chi connectivity index (χ2n) is 4.60. The van der Waals surface area contributed by atoms with Crippen LogP contribution in [0.4, 0.5) is 0 Å². The molecule has 1 heterocycles. The van der Waals surface area contributed by atoms with E-state index in [9.17, 15) is 0 Å². The minimum atomic E-state index is -0.187. The van der Waals surface area contributed by atoms with Crippen molar-refractivity contribution in [2.75, 3.05) is 0 Å². The topological polar surface area (TPSA) is 53.1 Å². The number of nitrogens with zero attached hydrogens (tertiary/aromatic N) is 2. The van der Waals surface area contributed by atoms with Crippen LogP contribution in [0.2, 0.25) is 0 Å². The lowest BCUT2D eigenvalue weighted by Crippen LogP contribution is -2.16. The first-order valence-electron chi connectivity index (χ1n) is 6.08. The van der Waals surface area contributed by atoms with Gasteiger partial charge < -0.3 is 10.5 Å². The number of hydrogen-bond donors (Lipinski definition) is 1. The lowest BCUT2D eigenvalue weighted by atomic mass is 10.0. The van der Waals surface area contributed by atoms with E-state index in [2.05, 4.69) is 5.10 Å². The Morgan fingerprint density at radius 2 is 2.06 bits per heavy atom. The number of aryl methyl sites for hydroxylation is 1. The summed E-state index contributed by atoms with van der Waals surface area (Å²) in [6.45, 7) is 4.02. The molecule has 0 amide bonds. The van der Waals surface area contributed by atoms with Crippen LogP contribution in [0.15, 0.2) is 36.5 Å². The SMILES string of the molecule is CC(C)Oc1cccc(C(N)c2ccnn2C)c1. The van der Waals surface area contributed by atoms with Crippen molar-refractivity contribution >= 4 is 0 Å².